The zero-order chi connectivity index (χ0) is 30.1. The number of unbranched alkanes of at least 4 members (excludes halogenated alkanes) is 3. The number of ether oxygens (including phenoxy) is 10. The van der Waals surface area contributed by atoms with E-state index >= 15 is 0 Å². The van der Waals surface area contributed by atoms with Crippen molar-refractivity contribution < 1.29 is 52.2 Å². The smallest absolute Gasteiger partial charge is 0.308 e. The highest BCUT2D eigenvalue weighted by molar-refractivity contribution is 6.17. The number of hydrogen-bond acceptors (Lipinski definition) is 11. The van der Waals surface area contributed by atoms with Crippen LogP contribution in [0.5, 0.6) is 0 Å². The van der Waals surface area contributed by atoms with Gasteiger partial charge in [0.2, 0.25) is 0 Å². The summed E-state index contributed by atoms with van der Waals surface area (Å²) < 4.78 is 54.3. The maximum Gasteiger partial charge on any atom is 0.308 e. The Morgan fingerprint density at radius 1 is 0.439 bits per heavy atom. The van der Waals surface area contributed by atoms with Crippen LogP contribution in [0, 0.1) is 0 Å². The van der Waals surface area contributed by atoms with Crippen molar-refractivity contribution >= 4 is 17.6 Å². The van der Waals surface area contributed by atoms with Gasteiger partial charge < -0.3 is 47.4 Å². The second-order valence-electron chi connectivity index (χ2n) is 9.95. The van der Waals surface area contributed by atoms with Crippen LogP contribution < -0.4 is 0 Å². The highest BCUT2D eigenvalue weighted by Crippen LogP contribution is 2.08. The number of halogens is 1. The third kappa shape index (κ3) is 37.4. The Kier molecular flexibility index (Phi) is 31.8. The van der Waals surface area contributed by atoms with E-state index in [2.05, 4.69) is 0 Å². The van der Waals surface area contributed by atoms with Gasteiger partial charge in [0, 0.05) is 12.5 Å². The lowest BCUT2D eigenvalue weighted by Gasteiger charge is -2.19. The lowest BCUT2D eigenvalue weighted by molar-refractivity contribution is -0.156. The molecule has 0 aromatic heterocycles. The molecule has 12 heteroatoms. The molecule has 0 radical (unpaired) electrons. The summed E-state index contributed by atoms with van der Waals surface area (Å²) in [5, 5.41) is 0. The minimum atomic E-state index is -0.469. The van der Waals surface area contributed by atoms with E-state index in [4.69, 9.17) is 59.0 Å². The summed E-state index contributed by atoms with van der Waals surface area (Å²) in [4.78, 5) is 11.5. The van der Waals surface area contributed by atoms with Gasteiger partial charge in [-0.3, -0.25) is 4.79 Å². The van der Waals surface area contributed by atoms with Crippen molar-refractivity contribution in [3.8, 4) is 0 Å². The van der Waals surface area contributed by atoms with Gasteiger partial charge >= 0.3 is 5.97 Å². The van der Waals surface area contributed by atoms with Crippen LogP contribution in [0.4, 0.5) is 0 Å². The zero-order valence-corrected chi connectivity index (χ0v) is 26.6. The van der Waals surface area contributed by atoms with Crippen LogP contribution in [0.3, 0.4) is 0 Å². The molecule has 0 fully saturated rings. The summed E-state index contributed by atoms with van der Waals surface area (Å²) in [5.41, 5.74) is -0.469. The third-order valence-electron chi connectivity index (χ3n) is 5.02. The molecule has 0 atom stereocenters. The van der Waals surface area contributed by atoms with Crippen molar-refractivity contribution in [2.45, 2.75) is 58.5 Å². The van der Waals surface area contributed by atoms with Crippen molar-refractivity contribution in [1.82, 2.24) is 0 Å². The van der Waals surface area contributed by atoms with Crippen molar-refractivity contribution in [3.05, 3.63) is 0 Å². The molecule has 0 amide bonds. The summed E-state index contributed by atoms with van der Waals surface area (Å²) in [6.45, 7) is 14.8. The lowest BCUT2D eigenvalue weighted by Crippen LogP contribution is -2.24. The maximum atomic E-state index is 11.5. The van der Waals surface area contributed by atoms with Gasteiger partial charge in [0.05, 0.1) is 119 Å². The molecule has 0 spiro atoms. The van der Waals surface area contributed by atoms with Gasteiger partial charge in [0.1, 0.15) is 5.60 Å². The number of carbonyl (C=O) groups is 1. The first kappa shape index (κ1) is 40.4. The predicted octanol–water partition coefficient (Wildman–Crippen LogP) is 3.67. The molecule has 0 saturated carbocycles. The van der Waals surface area contributed by atoms with Crippen LogP contribution in [0.15, 0.2) is 0 Å². The van der Waals surface area contributed by atoms with Crippen molar-refractivity contribution in [2.24, 2.45) is 0 Å². The molecular weight excluding hydrogens is 560 g/mol. The van der Waals surface area contributed by atoms with Gasteiger partial charge in [-0.1, -0.05) is 12.8 Å². The number of carbonyl (C=O) groups excluding carboxylic acids is 1. The monoisotopic (exact) mass is 616 g/mol. The first-order valence-electron chi connectivity index (χ1n) is 14.9. The van der Waals surface area contributed by atoms with E-state index in [1.807, 2.05) is 20.8 Å². The number of hydrogen-bond donors (Lipinski definition) is 0. The molecule has 0 unspecified atom stereocenters. The molecule has 0 aliphatic carbocycles. The molecule has 0 bridgehead atoms. The Balaban J connectivity index is 3.09. The molecule has 41 heavy (non-hydrogen) atoms. The molecule has 0 aliphatic rings. The maximum absolute atomic E-state index is 11.5. The van der Waals surface area contributed by atoms with Gasteiger partial charge in [-0.25, -0.2) is 0 Å². The summed E-state index contributed by atoms with van der Waals surface area (Å²) in [7, 11) is 0. The van der Waals surface area contributed by atoms with Crippen molar-refractivity contribution in [3.63, 3.8) is 0 Å². The first-order valence-corrected chi connectivity index (χ1v) is 15.5. The molecule has 0 N–H and O–H groups in total. The van der Waals surface area contributed by atoms with E-state index in [1.54, 1.807) is 0 Å². The Hall–Kier alpha value is -0.600. The van der Waals surface area contributed by atoms with Crippen molar-refractivity contribution in [1.29, 1.82) is 0 Å². The highest BCUT2D eigenvalue weighted by atomic mass is 35.5. The van der Waals surface area contributed by atoms with E-state index in [9.17, 15) is 4.79 Å². The fourth-order valence-corrected chi connectivity index (χ4v) is 3.25. The number of esters is 1. The molecule has 246 valence electrons. The highest BCUT2D eigenvalue weighted by Gasteiger charge is 2.15. The lowest BCUT2D eigenvalue weighted by atomic mass is 10.2. The Morgan fingerprint density at radius 2 is 0.732 bits per heavy atom. The summed E-state index contributed by atoms with van der Waals surface area (Å²) >= 11 is 5.65. The Bertz CT molecular complexity index is 535. The van der Waals surface area contributed by atoms with Gasteiger partial charge in [0.15, 0.2) is 0 Å². The molecule has 0 rings (SSSR count). The fourth-order valence-electron chi connectivity index (χ4n) is 3.06. The first-order chi connectivity index (χ1) is 20.0. The molecule has 0 saturated heterocycles. The summed E-state index contributed by atoms with van der Waals surface area (Å²) in [6.07, 6.45) is 4.73. The fraction of sp³-hybridized carbons (Fsp3) is 0.966. The average molecular weight is 617 g/mol. The molecule has 0 aliphatic heterocycles. The van der Waals surface area contributed by atoms with Gasteiger partial charge in [-0.05, 0) is 33.6 Å². The molecule has 0 heterocycles. The zero-order valence-electron chi connectivity index (χ0n) is 25.8. The van der Waals surface area contributed by atoms with Crippen LogP contribution in [-0.2, 0) is 52.2 Å². The van der Waals surface area contributed by atoms with Crippen LogP contribution in [0.2, 0.25) is 0 Å². The SMILES string of the molecule is CC(C)(C)OC(=O)CCOCCOCCOCCOCCOCCOCCOCCOCCOCCCCCCCl. The summed E-state index contributed by atoms with van der Waals surface area (Å²) in [6, 6.07) is 0. The molecule has 0 aromatic carbocycles. The predicted molar refractivity (Wildman–Crippen MR) is 157 cm³/mol. The molecular formula is C29H57ClO11. The van der Waals surface area contributed by atoms with E-state index in [0.717, 1.165) is 25.3 Å². The van der Waals surface area contributed by atoms with Gasteiger partial charge in [-0.15, -0.1) is 11.6 Å². The van der Waals surface area contributed by atoms with Crippen LogP contribution in [-0.4, -0.2) is 136 Å². The molecule has 11 nitrogen and oxygen atoms in total. The molecule has 0 aromatic rings. The third-order valence-corrected chi connectivity index (χ3v) is 5.29. The Morgan fingerprint density at radius 3 is 1.05 bits per heavy atom. The quantitative estimate of drug-likeness (QED) is 0.0612. The van der Waals surface area contributed by atoms with E-state index in [-0.39, 0.29) is 12.4 Å². The average Bonchev–Trinajstić information content (AvgIpc) is 2.92. The minimum absolute atomic E-state index is 0.236. The van der Waals surface area contributed by atoms with Gasteiger partial charge in [-0.2, -0.15) is 0 Å². The van der Waals surface area contributed by atoms with Crippen molar-refractivity contribution in [2.75, 3.05) is 125 Å². The van der Waals surface area contributed by atoms with E-state index < -0.39 is 5.60 Å². The summed E-state index contributed by atoms with van der Waals surface area (Å²) in [5.74, 6) is 0.481. The second kappa shape index (κ2) is 32.3. The number of rotatable bonds is 33. The van der Waals surface area contributed by atoms with E-state index in [1.165, 1.54) is 12.8 Å². The largest absolute Gasteiger partial charge is 0.460 e. The standard InChI is InChI=1S/C29H57ClO11/c1-29(2,3)41-28(31)8-11-33-13-15-35-17-19-37-21-23-39-25-27-40-26-24-38-22-20-36-18-16-34-14-12-32-10-7-5-4-6-9-30/h4-27H2,1-3H3. The van der Waals surface area contributed by atoms with E-state index in [0.29, 0.717) is 112 Å². The topological polar surface area (TPSA) is 109 Å². The Labute approximate surface area is 253 Å². The van der Waals surface area contributed by atoms with Crippen LogP contribution >= 0.6 is 11.6 Å². The minimum Gasteiger partial charge on any atom is -0.460 e. The van der Waals surface area contributed by atoms with Gasteiger partial charge in [0.25, 0.3) is 0 Å². The van der Waals surface area contributed by atoms with Crippen LogP contribution in [0.25, 0.3) is 0 Å². The second-order valence-corrected chi connectivity index (χ2v) is 10.3. The van der Waals surface area contributed by atoms with Crippen LogP contribution in [0.1, 0.15) is 52.9 Å². The normalized spacial score (nSPS) is 11.8. The number of alkyl halides is 1.